The molecule has 2 fully saturated rings. The van der Waals surface area contributed by atoms with E-state index in [4.69, 9.17) is 11.1 Å². The monoisotopic (exact) mass is 245 g/mol. The second-order valence-corrected chi connectivity index (χ2v) is 5.48. The average Bonchev–Trinajstić information content (AvgIpc) is 2.38. The number of amidine groups is 1. The van der Waals surface area contributed by atoms with Crippen LogP contribution in [0.1, 0.15) is 31.4 Å². The summed E-state index contributed by atoms with van der Waals surface area (Å²) in [4.78, 5) is 10.9. The first-order chi connectivity index (χ1) is 8.72. The Hall–Kier alpha value is -1.65. The molecule has 3 N–H and O–H groups in total. The zero-order valence-corrected chi connectivity index (χ0v) is 10.5. The lowest BCUT2D eigenvalue weighted by Crippen LogP contribution is -2.43. The van der Waals surface area contributed by atoms with Crippen molar-refractivity contribution in [3.8, 4) is 0 Å². The molecule has 1 aromatic heterocycles. The van der Waals surface area contributed by atoms with Gasteiger partial charge in [-0.05, 0) is 31.1 Å². The third kappa shape index (κ3) is 2.17. The number of nitrogens with one attached hydrogen (secondary N) is 1. The van der Waals surface area contributed by atoms with Gasteiger partial charge in [-0.15, -0.1) is 0 Å². The number of nitrogens with zero attached hydrogens (tertiary/aromatic N) is 3. The molecule has 2 aliphatic rings. The van der Waals surface area contributed by atoms with Crippen LogP contribution >= 0.6 is 0 Å². The van der Waals surface area contributed by atoms with E-state index in [2.05, 4.69) is 14.9 Å². The molecule has 2 heterocycles. The summed E-state index contributed by atoms with van der Waals surface area (Å²) >= 11 is 0. The van der Waals surface area contributed by atoms with Gasteiger partial charge >= 0.3 is 0 Å². The summed E-state index contributed by atoms with van der Waals surface area (Å²) in [6.07, 6.45) is 8.82. The number of nitrogen functional groups attached to an aromatic ring is 1. The maximum absolute atomic E-state index is 7.31. The molecule has 0 aromatic carbocycles. The highest BCUT2D eigenvalue weighted by molar-refractivity contribution is 5.92. The van der Waals surface area contributed by atoms with Crippen LogP contribution in [-0.4, -0.2) is 28.9 Å². The Bertz CT molecular complexity index is 429. The number of fused-ring (bicyclic) bond motifs is 2. The van der Waals surface area contributed by atoms with E-state index in [1.54, 1.807) is 12.4 Å². The molecule has 0 spiro atoms. The summed E-state index contributed by atoms with van der Waals surface area (Å²) in [5.74, 6) is 2.56. The first-order valence-electron chi connectivity index (χ1n) is 6.64. The minimum Gasteiger partial charge on any atom is -0.382 e. The molecule has 3 rings (SSSR count). The molecule has 5 heteroatoms. The van der Waals surface area contributed by atoms with Crippen molar-refractivity contribution in [1.82, 2.24) is 9.97 Å². The Balaban J connectivity index is 1.76. The van der Waals surface area contributed by atoms with E-state index in [1.165, 1.54) is 25.7 Å². The third-order valence-corrected chi connectivity index (χ3v) is 4.09. The molecule has 1 saturated heterocycles. The highest BCUT2D eigenvalue weighted by atomic mass is 15.2. The number of hydrogen-bond donors (Lipinski definition) is 2. The molecule has 1 aliphatic heterocycles. The molecule has 2 atom stereocenters. The normalized spacial score (nSPS) is 27.0. The summed E-state index contributed by atoms with van der Waals surface area (Å²) in [6, 6.07) is 0. The lowest BCUT2D eigenvalue weighted by atomic mass is 9.78. The van der Waals surface area contributed by atoms with E-state index in [9.17, 15) is 0 Å². The standard InChI is InChI=1S/C13H19N5/c14-13(15)11-5-17-12(6-16-11)18-7-9-2-1-3-10(4-9)8-18/h5-6,9-10H,1-4,7-8H2,(H3,14,15). The molecular weight excluding hydrogens is 226 g/mol. The van der Waals surface area contributed by atoms with Crippen molar-refractivity contribution in [2.24, 2.45) is 17.6 Å². The van der Waals surface area contributed by atoms with Gasteiger partial charge in [-0.25, -0.2) is 9.97 Å². The van der Waals surface area contributed by atoms with Gasteiger partial charge in [0.15, 0.2) is 0 Å². The summed E-state index contributed by atoms with van der Waals surface area (Å²) in [5, 5.41) is 7.31. The van der Waals surface area contributed by atoms with Crippen LogP contribution in [0.2, 0.25) is 0 Å². The number of aromatic nitrogens is 2. The van der Waals surface area contributed by atoms with Crippen molar-refractivity contribution in [3.63, 3.8) is 0 Å². The molecule has 1 aromatic rings. The first-order valence-corrected chi connectivity index (χ1v) is 6.64. The van der Waals surface area contributed by atoms with Crippen LogP contribution in [0.25, 0.3) is 0 Å². The fourth-order valence-electron chi connectivity index (χ4n) is 3.24. The molecule has 96 valence electrons. The van der Waals surface area contributed by atoms with Gasteiger partial charge in [0.2, 0.25) is 0 Å². The summed E-state index contributed by atoms with van der Waals surface area (Å²) in [6.45, 7) is 2.20. The van der Waals surface area contributed by atoms with Crippen LogP contribution in [0.3, 0.4) is 0 Å². The number of hydrogen-bond acceptors (Lipinski definition) is 4. The van der Waals surface area contributed by atoms with Crippen LogP contribution in [0.4, 0.5) is 5.82 Å². The number of nitrogens with two attached hydrogens (primary N) is 1. The molecule has 2 unspecified atom stereocenters. The van der Waals surface area contributed by atoms with Crippen molar-refractivity contribution in [2.75, 3.05) is 18.0 Å². The van der Waals surface area contributed by atoms with Crippen LogP contribution in [0, 0.1) is 17.2 Å². The lowest BCUT2D eigenvalue weighted by Gasteiger charge is -2.41. The quantitative estimate of drug-likeness (QED) is 0.609. The van der Waals surface area contributed by atoms with Crippen LogP contribution in [0.15, 0.2) is 12.4 Å². The maximum Gasteiger partial charge on any atom is 0.147 e. The minimum atomic E-state index is -0.0236. The third-order valence-electron chi connectivity index (χ3n) is 4.09. The first kappa shape index (κ1) is 11.4. The number of piperidine rings is 1. The molecule has 18 heavy (non-hydrogen) atoms. The summed E-state index contributed by atoms with van der Waals surface area (Å²) in [7, 11) is 0. The summed E-state index contributed by atoms with van der Waals surface area (Å²) < 4.78 is 0. The van der Waals surface area contributed by atoms with Gasteiger partial charge in [0.25, 0.3) is 0 Å². The molecular formula is C13H19N5. The Morgan fingerprint density at radius 1 is 1.22 bits per heavy atom. The highest BCUT2D eigenvalue weighted by Crippen LogP contribution is 2.35. The lowest BCUT2D eigenvalue weighted by molar-refractivity contribution is 0.230. The zero-order valence-electron chi connectivity index (χ0n) is 10.5. The fraction of sp³-hybridized carbons (Fsp3) is 0.615. The van der Waals surface area contributed by atoms with Crippen molar-refractivity contribution < 1.29 is 0 Å². The topological polar surface area (TPSA) is 78.9 Å². The van der Waals surface area contributed by atoms with E-state index < -0.39 is 0 Å². The van der Waals surface area contributed by atoms with Crippen molar-refractivity contribution in [2.45, 2.75) is 25.7 Å². The Morgan fingerprint density at radius 2 is 1.94 bits per heavy atom. The highest BCUT2D eigenvalue weighted by Gasteiger charge is 2.31. The summed E-state index contributed by atoms with van der Waals surface area (Å²) in [5.41, 5.74) is 5.84. The van der Waals surface area contributed by atoms with Crippen LogP contribution in [-0.2, 0) is 0 Å². The number of anilines is 1. The minimum absolute atomic E-state index is 0.0236. The van der Waals surface area contributed by atoms with E-state index in [-0.39, 0.29) is 5.84 Å². The molecule has 5 nitrogen and oxygen atoms in total. The van der Waals surface area contributed by atoms with E-state index in [1.807, 2.05) is 0 Å². The molecule has 1 aliphatic carbocycles. The predicted molar refractivity (Wildman–Crippen MR) is 70.7 cm³/mol. The zero-order chi connectivity index (χ0) is 12.5. The van der Waals surface area contributed by atoms with Crippen molar-refractivity contribution >= 4 is 11.7 Å². The van der Waals surface area contributed by atoms with Gasteiger partial charge in [-0.1, -0.05) is 6.42 Å². The van der Waals surface area contributed by atoms with Gasteiger partial charge < -0.3 is 10.6 Å². The van der Waals surface area contributed by atoms with Crippen molar-refractivity contribution in [1.29, 1.82) is 5.41 Å². The Labute approximate surface area is 107 Å². The Morgan fingerprint density at radius 3 is 2.50 bits per heavy atom. The van der Waals surface area contributed by atoms with Gasteiger partial charge in [0.05, 0.1) is 12.4 Å². The van der Waals surface area contributed by atoms with Gasteiger partial charge in [0, 0.05) is 13.1 Å². The Kier molecular flexibility index (Phi) is 2.89. The molecule has 0 amide bonds. The van der Waals surface area contributed by atoms with E-state index >= 15 is 0 Å². The van der Waals surface area contributed by atoms with Crippen LogP contribution in [0.5, 0.6) is 0 Å². The van der Waals surface area contributed by atoms with Crippen LogP contribution < -0.4 is 10.6 Å². The van der Waals surface area contributed by atoms with Crippen molar-refractivity contribution in [3.05, 3.63) is 18.1 Å². The SMILES string of the molecule is N=C(N)c1cnc(N2CC3CCCC(C3)C2)cn1. The molecule has 2 bridgehead atoms. The smallest absolute Gasteiger partial charge is 0.147 e. The van der Waals surface area contributed by atoms with E-state index in [0.29, 0.717) is 5.69 Å². The largest absolute Gasteiger partial charge is 0.382 e. The maximum atomic E-state index is 7.31. The second kappa shape index (κ2) is 4.55. The average molecular weight is 245 g/mol. The molecule has 1 saturated carbocycles. The van der Waals surface area contributed by atoms with Gasteiger partial charge in [0.1, 0.15) is 17.3 Å². The predicted octanol–water partition coefficient (Wildman–Crippen LogP) is 1.39. The number of rotatable bonds is 2. The van der Waals surface area contributed by atoms with E-state index in [0.717, 1.165) is 30.7 Å². The van der Waals surface area contributed by atoms with Gasteiger partial charge in [-0.3, -0.25) is 5.41 Å². The second-order valence-electron chi connectivity index (χ2n) is 5.48. The fourth-order valence-corrected chi connectivity index (χ4v) is 3.24. The van der Waals surface area contributed by atoms with Gasteiger partial charge in [-0.2, -0.15) is 0 Å². The molecule has 0 radical (unpaired) electrons.